The Balaban J connectivity index is 1.80. The maximum Gasteiger partial charge on any atom is 0.161 e. The van der Waals surface area contributed by atoms with E-state index in [2.05, 4.69) is 51.9 Å². The van der Waals surface area contributed by atoms with E-state index in [1.807, 2.05) is 78.9 Å². The molecule has 0 aliphatic heterocycles. The van der Waals surface area contributed by atoms with Crippen molar-refractivity contribution in [2.24, 2.45) is 15.0 Å². The summed E-state index contributed by atoms with van der Waals surface area (Å²) in [6, 6.07) is 34.1. The molecule has 0 fully saturated rings. The number of halogens is 2. The first-order chi connectivity index (χ1) is 16.1. The van der Waals surface area contributed by atoms with Gasteiger partial charge >= 0.3 is 0 Å². The molecule has 4 rings (SSSR count). The van der Waals surface area contributed by atoms with Gasteiger partial charge in [0.1, 0.15) is 0 Å². The van der Waals surface area contributed by atoms with Crippen molar-refractivity contribution < 1.29 is 0 Å². The first-order valence-electron chi connectivity index (χ1n) is 10.4. The molecule has 0 saturated carbocycles. The second kappa shape index (κ2) is 11.0. The van der Waals surface area contributed by atoms with Gasteiger partial charge in [0.2, 0.25) is 0 Å². The Hall–Kier alpha value is -3.34. The van der Waals surface area contributed by atoms with Gasteiger partial charge in [-0.3, -0.25) is 4.99 Å². The molecular weight excluding hydrogens is 494 g/mol. The highest BCUT2D eigenvalue weighted by atomic mass is 79.9. The van der Waals surface area contributed by atoms with Gasteiger partial charge in [0.05, 0.1) is 6.54 Å². The lowest BCUT2D eigenvalue weighted by molar-refractivity contribution is 1.06. The van der Waals surface area contributed by atoms with Crippen LogP contribution >= 0.6 is 27.5 Å². The molecule has 33 heavy (non-hydrogen) atoms. The van der Waals surface area contributed by atoms with E-state index in [-0.39, 0.29) is 0 Å². The zero-order valence-corrected chi connectivity index (χ0v) is 20.2. The summed E-state index contributed by atoms with van der Waals surface area (Å²) in [6.07, 6.45) is 0. The molecule has 162 valence electrons. The number of amidine groups is 2. The molecule has 4 aromatic rings. The van der Waals surface area contributed by atoms with E-state index in [0.717, 1.165) is 32.3 Å². The van der Waals surface area contributed by atoms with Gasteiger partial charge in [0.15, 0.2) is 11.7 Å². The van der Waals surface area contributed by atoms with Gasteiger partial charge < -0.3 is 0 Å². The van der Waals surface area contributed by atoms with Crippen LogP contribution < -0.4 is 0 Å². The Morgan fingerprint density at radius 1 is 0.727 bits per heavy atom. The normalized spacial score (nSPS) is 11.9. The highest BCUT2D eigenvalue weighted by Gasteiger charge is 2.10. The van der Waals surface area contributed by atoms with E-state index in [4.69, 9.17) is 21.6 Å². The Labute approximate surface area is 207 Å². The molecule has 0 aliphatic carbocycles. The predicted molar refractivity (Wildman–Crippen MR) is 144 cm³/mol. The minimum absolute atomic E-state index is 0.454. The van der Waals surface area contributed by atoms with Gasteiger partial charge in [0, 0.05) is 20.6 Å². The van der Waals surface area contributed by atoms with E-state index in [1.165, 1.54) is 0 Å². The van der Waals surface area contributed by atoms with Gasteiger partial charge in [-0.05, 0) is 47.7 Å². The van der Waals surface area contributed by atoms with E-state index in [9.17, 15) is 0 Å². The van der Waals surface area contributed by atoms with Gasteiger partial charge in [-0.25, -0.2) is 9.98 Å². The molecule has 0 heterocycles. The molecule has 0 atom stereocenters. The number of hydrogen-bond donors (Lipinski definition) is 0. The number of hydrogen-bond acceptors (Lipinski definition) is 1. The van der Waals surface area contributed by atoms with Crippen molar-refractivity contribution in [3.05, 3.63) is 129 Å². The fourth-order valence-electron chi connectivity index (χ4n) is 3.38. The van der Waals surface area contributed by atoms with Crippen molar-refractivity contribution in [2.75, 3.05) is 0 Å². The Morgan fingerprint density at radius 3 is 2.12 bits per heavy atom. The third kappa shape index (κ3) is 6.13. The monoisotopic (exact) mass is 513 g/mol. The van der Waals surface area contributed by atoms with Crippen LogP contribution in [-0.4, -0.2) is 18.4 Å². The summed E-state index contributed by atoms with van der Waals surface area (Å²) in [5.41, 5.74) is 4.98. The van der Waals surface area contributed by atoms with Crippen molar-refractivity contribution >= 4 is 45.9 Å². The van der Waals surface area contributed by atoms with Gasteiger partial charge in [-0.2, -0.15) is 0 Å². The first-order valence-corrected chi connectivity index (χ1v) is 11.6. The SMILES string of the molecule is C=NC(=NC(=NCc1ccccc1)c1cccc(-c2ccccc2)c1)c1cc(Cl)cc(Br)c1. The van der Waals surface area contributed by atoms with E-state index < -0.39 is 0 Å². The molecule has 0 spiro atoms. The summed E-state index contributed by atoms with van der Waals surface area (Å²) < 4.78 is 0.843. The molecule has 0 aliphatic rings. The number of benzene rings is 4. The topological polar surface area (TPSA) is 37.1 Å². The average Bonchev–Trinajstić information content (AvgIpc) is 2.85. The molecule has 3 nitrogen and oxygen atoms in total. The molecular formula is C28H21BrClN3. The second-order valence-electron chi connectivity index (χ2n) is 7.32. The maximum absolute atomic E-state index is 6.26. The lowest BCUT2D eigenvalue weighted by Crippen LogP contribution is -2.06. The molecule has 4 aromatic carbocycles. The van der Waals surface area contributed by atoms with Crippen LogP contribution in [0.1, 0.15) is 16.7 Å². The molecule has 0 radical (unpaired) electrons. The summed E-state index contributed by atoms with van der Waals surface area (Å²) in [7, 11) is 0. The van der Waals surface area contributed by atoms with Crippen molar-refractivity contribution in [3.8, 4) is 11.1 Å². The molecule has 5 heteroatoms. The Morgan fingerprint density at radius 2 is 1.42 bits per heavy atom. The lowest BCUT2D eigenvalue weighted by Gasteiger charge is -2.09. The van der Waals surface area contributed by atoms with E-state index >= 15 is 0 Å². The summed E-state index contributed by atoms with van der Waals surface area (Å²) in [5.74, 6) is 1.03. The van der Waals surface area contributed by atoms with Crippen LogP contribution in [0.25, 0.3) is 11.1 Å². The minimum atomic E-state index is 0.454. The Kier molecular flexibility index (Phi) is 7.61. The fourth-order valence-corrected chi connectivity index (χ4v) is 4.24. The van der Waals surface area contributed by atoms with E-state index in [0.29, 0.717) is 23.2 Å². The summed E-state index contributed by atoms with van der Waals surface area (Å²) in [5, 5.41) is 0.588. The van der Waals surface area contributed by atoms with Gasteiger partial charge in [-0.1, -0.05) is 106 Å². The molecule has 0 amide bonds. The fraction of sp³-hybridized carbons (Fsp3) is 0.0357. The van der Waals surface area contributed by atoms with Crippen LogP contribution in [0.3, 0.4) is 0 Å². The third-order valence-electron chi connectivity index (χ3n) is 4.96. The standard InChI is InChI=1S/C28H21BrClN3/c1-31-27(24-16-25(29)18-26(30)17-24)33-28(32-19-20-9-4-2-5-10-20)23-14-8-13-22(15-23)21-11-6-3-7-12-21/h2-18H,1,19H2. The summed E-state index contributed by atoms with van der Waals surface area (Å²) in [4.78, 5) is 13.9. The van der Waals surface area contributed by atoms with Crippen LogP contribution in [0.5, 0.6) is 0 Å². The van der Waals surface area contributed by atoms with Crippen molar-refractivity contribution in [2.45, 2.75) is 6.54 Å². The predicted octanol–water partition coefficient (Wildman–Crippen LogP) is 7.86. The van der Waals surface area contributed by atoms with Gasteiger partial charge in [-0.15, -0.1) is 0 Å². The molecule has 0 unspecified atom stereocenters. The maximum atomic E-state index is 6.26. The minimum Gasteiger partial charge on any atom is -0.261 e. The highest BCUT2D eigenvalue weighted by molar-refractivity contribution is 9.10. The Bertz CT molecular complexity index is 1300. The quantitative estimate of drug-likeness (QED) is 0.192. The van der Waals surface area contributed by atoms with Crippen molar-refractivity contribution in [1.29, 1.82) is 0 Å². The lowest BCUT2D eigenvalue weighted by atomic mass is 10.0. The molecule has 0 bridgehead atoms. The summed E-state index contributed by atoms with van der Waals surface area (Å²) >= 11 is 9.74. The largest absolute Gasteiger partial charge is 0.261 e. The van der Waals surface area contributed by atoms with Gasteiger partial charge in [0.25, 0.3) is 0 Å². The molecule has 0 saturated heterocycles. The zero-order chi connectivity index (χ0) is 23.0. The number of nitrogens with zero attached hydrogens (tertiary/aromatic N) is 3. The summed E-state index contributed by atoms with van der Waals surface area (Å²) in [6.45, 7) is 4.23. The van der Waals surface area contributed by atoms with Crippen LogP contribution in [-0.2, 0) is 6.54 Å². The van der Waals surface area contributed by atoms with E-state index in [1.54, 1.807) is 0 Å². The number of rotatable bonds is 5. The smallest absolute Gasteiger partial charge is 0.161 e. The number of aliphatic imine (C=N–C) groups is 3. The van der Waals surface area contributed by atoms with Crippen LogP contribution in [0.15, 0.2) is 123 Å². The zero-order valence-electron chi connectivity index (χ0n) is 17.8. The van der Waals surface area contributed by atoms with Crippen molar-refractivity contribution in [3.63, 3.8) is 0 Å². The molecule has 0 N–H and O–H groups in total. The highest BCUT2D eigenvalue weighted by Crippen LogP contribution is 2.23. The first kappa shape index (κ1) is 22.8. The molecule has 0 aromatic heterocycles. The van der Waals surface area contributed by atoms with Crippen LogP contribution in [0.2, 0.25) is 5.02 Å². The third-order valence-corrected chi connectivity index (χ3v) is 5.64. The van der Waals surface area contributed by atoms with Crippen LogP contribution in [0, 0.1) is 0 Å². The second-order valence-corrected chi connectivity index (χ2v) is 8.68. The van der Waals surface area contributed by atoms with Crippen LogP contribution in [0.4, 0.5) is 0 Å². The van der Waals surface area contributed by atoms with Crippen molar-refractivity contribution in [1.82, 2.24) is 0 Å². The average molecular weight is 515 g/mol.